The molecule has 0 aromatic heterocycles. The molecular weight excluding hydrogens is 310 g/mol. The number of benzene rings is 1. The topological polar surface area (TPSA) is 38.3 Å². The van der Waals surface area contributed by atoms with Crippen LogP contribution < -0.4 is 5.32 Å². The Hall–Kier alpha value is -1.06. The van der Waals surface area contributed by atoms with Crippen molar-refractivity contribution in [1.82, 2.24) is 5.32 Å². The molecule has 0 unspecified atom stereocenters. The maximum atomic E-state index is 11.8. The lowest BCUT2D eigenvalue weighted by atomic mass is 9.66. The van der Waals surface area contributed by atoms with Crippen LogP contribution in [0.4, 0.5) is 0 Å². The smallest absolute Gasteiger partial charge is 0.217 e. The highest BCUT2D eigenvalue weighted by Crippen LogP contribution is 2.47. The van der Waals surface area contributed by atoms with E-state index >= 15 is 0 Å². The van der Waals surface area contributed by atoms with Gasteiger partial charge in [0.25, 0.3) is 0 Å². The molecule has 0 bridgehead atoms. The van der Waals surface area contributed by atoms with Gasteiger partial charge in [-0.05, 0) is 43.4 Å². The van der Waals surface area contributed by atoms with Gasteiger partial charge in [0.15, 0.2) is 0 Å². The largest absolute Gasteiger partial charge is 0.370 e. The summed E-state index contributed by atoms with van der Waals surface area (Å²) >= 11 is 6.01. The fourth-order valence-corrected chi connectivity index (χ4v) is 4.55. The summed E-state index contributed by atoms with van der Waals surface area (Å²) in [5.74, 6) is 1.12. The number of fused-ring (bicyclic) bond motifs is 1. The molecule has 3 nitrogen and oxygen atoms in total. The van der Waals surface area contributed by atoms with Crippen molar-refractivity contribution in [2.75, 3.05) is 0 Å². The lowest BCUT2D eigenvalue weighted by Crippen LogP contribution is -2.60. The summed E-state index contributed by atoms with van der Waals surface area (Å²) in [6, 6.07) is 7.89. The van der Waals surface area contributed by atoms with Gasteiger partial charge in [0.1, 0.15) is 0 Å². The number of ether oxygens (including phenoxy) is 1. The van der Waals surface area contributed by atoms with E-state index in [9.17, 15) is 4.79 Å². The number of amides is 1. The van der Waals surface area contributed by atoms with Gasteiger partial charge in [0, 0.05) is 29.8 Å². The van der Waals surface area contributed by atoms with Crippen molar-refractivity contribution in [2.24, 2.45) is 11.8 Å². The first-order valence-corrected chi connectivity index (χ1v) is 8.95. The second-order valence-electron chi connectivity index (χ2n) is 7.54. The van der Waals surface area contributed by atoms with Crippen molar-refractivity contribution in [3.8, 4) is 0 Å². The fourth-order valence-electron chi connectivity index (χ4n) is 4.42. The zero-order valence-corrected chi connectivity index (χ0v) is 14.9. The van der Waals surface area contributed by atoms with E-state index in [0.717, 1.165) is 29.8 Å². The minimum Gasteiger partial charge on any atom is -0.370 e. The lowest BCUT2D eigenvalue weighted by Gasteiger charge is -2.52. The van der Waals surface area contributed by atoms with E-state index in [0.29, 0.717) is 11.8 Å². The van der Waals surface area contributed by atoms with Crippen molar-refractivity contribution in [2.45, 2.75) is 64.2 Å². The number of rotatable bonds is 2. The zero-order chi connectivity index (χ0) is 16.6. The second-order valence-corrected chi connectivity index (χ2v) is 7.98. The van der Waals surface area contributed by atoms with Crippen LogP contribution in [-0.2, 0) is 9.53 Å². The van der Waals surface area contributed by atoms with Crippen LogP contribution in [0.2, 0.25) is 5.02 Å². The predicted octanol–water partition coefficient (Wildman–Crippen LogP) is 4.50. The number of hydrogen-bond donors (Lipinski definition) is 1. The molecule has 2 fully saturated rings. The molecule has 1 N–H and O–H groups in total. The van der Waals surface area contributed by atoms with Gasteiger partial charge in [0.2, 0.25) is 5.91 Å². The van der Waals surface area contributed by atoms with Gasteiger partial charge in [-0.2, -0.15) is 0 Å². The zero-order valence-electron chi connectivity index (χ0n) is 14.1. The number of carbonyl (C=O) groups excluding carboxylic acids is 1. The normalized spacial score (nSPS) is 37.0. The molecule has 4 heteroatoms. The molecule has 0 spiro atoms. The molecule has 5 atom stereocenters. The Kier molecular flexibility index (Phi) is 4.70. The van der Waals surface area contributed by atoms with E-state index < -0.39 is 0 Å². The first kappa shape index (κ1) is 16.8. The van der Waals surface area contributed by atoms with Gasteiger partial charge in [0.05, 0.1) is 12.2 Å². The minimum atomic E-state index is -0.209. The number of carbonyl (C=O) groups is 1. The molecule has 1 aliphatic heterocycles. The quantitative estimate of drug-likeness (QED) is 0.864. The molecule has 1 amide bonds. The highest BCUT2D eigenvalue weighted by Gasteiger charge is 2.49. The lowest BCUT2D eigenvalue weighted by molar-refractivity contribution is -0.153. The van der Waals surface area contributed by atoms with Crippen LogP contribution in [0.15, 0.2) is 24.3 Å². The Morgan fingerprint density at radius 1 is 1.30 bits per heavy atom. The molecule has 1 heterocycles. The van der Waals surface area contributed by atoms with Crippen LogP contribution in [0.3, 0.4) is 0 Å². The fraction of sp³-hybridized carbons (Fsp3) is 0.632. The van der Waals surface area contributed by atoms with Gasteiger partial charge < -0.3 is 10.1 Å². The highest BCUT2D eigenvalue weighted by atomic mass is 35.5. The van der Waals surface area contributed by atoms with E-state index in [2.05, 4.69) is 19.2 Å². The van der Waals surface area contributed by atoms with Crippen LogP contribution in [0.5, 0.6) is 0 Å². The van der Waals surface area contributed by atoms with E-state index in [-0.39, 0.29) is 23.7 Å². The van der Waals surface area contributed by atoms with Crippen LogP contribution in [-0.4, -0.2) is 17.6 Å². The molecule has 126 valence electrons. The van der Waals surface area contributed by atoms with E-state index in [1.807, 2.05) is 24.3 Å². The Morgan fingerprint density at radius 3 is 2.65 bits per heavy atom. The first-order valence-electron chi connectivity index (χ1n) is 8.57. The molecule has 2 aliphatic rings. The van der Waals surface area contributed by atoms with Crippen LogP contribution >= 0.6 is 11.6 Å². The van der Waals surface area contributed by atoms with E-state index in [4.69, 9.17) is 16.3 Å². The molecule has 1 saturated carbocycles. The second kappa shape index (κ2) is 6.45. The highest BCUT2D eigenvalue weighted by molar-refractivity contribution is 6.30. The SMILES string of the molecule is CC(=O)N[C@]1(C)C[C@H](c2ccc(Cl)cc2)O[C@@H]2C[C@H](C)CC[C@H]21. The molecule has 0 radical (unpaired) electrons. The number of hydrogen-bond acceptors (Lipinski definition) is 2. The average molecular weight is 336 g/mol. The molecule has 1 aliphatic carbocycles. The third-order valence-corrected chi connectivity index (χ3v) is 5.78. The maximum Gasteiger partial charge on any atom is 0.217 e. The molecule has 1 aromatic rings. The Labute approximate surface area is 143 Å². The summed E-state index contributed by atoms with van der Waals surface area (Å²) in [7, 11) is 0. The minimum absolute atomic E-state index is 0.00988. The summed E-state index contributed by atoms with van der Waals surface area (Å²) in [5, 5.41) is 3.97. The predicted molar refractivity (Wildman–Crippen MR) is 92.4 cm³/mol. The van der Waals surface area contributed by atoms with E-state index in [1.165, 1.54) is 6.42 Å². The van der Waals surface area contributed by atoms with Crippen LogP contribution in [0.25, 0.3) is 0 Å². The molecule has 1 aromatic carbocycles. The molecule has 23 heavy (non-hydrogen) atoms. The van der Waals surface area contributed by atoms with Crippen molar-refractivity contribution in [3.63, 3.8) is 0 Å². The monoisotopic (exact) mass is 335 g/mol. The Balaban J connectivity index is 1.88. The van der Waals surface area contributed by atoms with Gasteiger partial charge in [-0.1, -0.05) is 37.1 Å². The molecular formula is C19H26ClNO2. The summed E-state index contributed by atoms with van der Waals surface area (Å²) in [6.07, 6.45) is 4.44. The standard InChI is InChI=1S/C19H26ClNO2/c1-12-4-9-16-17(10-12)23-18(11-19(16,3)21-13(2)22)14-5-7-15(20)8-6-14/h5-8,12,16-18H,4,9-11H2,1-3H3,(H,21,22)/t12-,16-,17-,18-,19-/m1/s1. The van der Waals surface area contributed by atoms with Crippen molar-refractivity contribution >= 4 is 17.5 Å². The van der Waals surface area contributed by atoms with Gasteiger partial charge in [-0.3, -0.25) is 4.79 Å². The first-order chi connectivity index (χ1) is 10.9. The van der Waals surface area contributed by atoms with Crippen LogP contribution in [0, 0.1) is 11.8 Å². The third-order valence-electron chi connectivity index (χ3n) is 5.52. The summed E-state index contributed by atoms with van der Waals surface area (Å²) < 4.78 is 6.47. The molecule has 3 rings (SSSR count). The number of halogens is 1. The van der Waals surface area contributed by atoms with Gasteiger partial charge >= 0.3 is 0 Å². The van der Waals surface area contributed by atoms with E-state index in [1.54, 1.807) is 6.92 Å². The third kappa shape index (κ3) is 3.56. The average Bonchev–Trinajstić information content (AvgIpc) is 2.46. The van der Waals surface area contributed by atoms with Crippen LogP contribution in [0.1, 0.15) is 58.1 Å². The maximum absolute atomic E-state index is 11.8. The summed E-state index contributed by atoms with van der Waals surface area (Å²) in [5.41, 5.74) is 0.932. The Bertz CT molecular complexity index is 573. The van der Waals surface area contributed by atoms with Gasteiger partial charge in [-0.15, -0.1) is 0 Å². The van der Waals surface area contributed by atoms with Crippen molar-refractivity contribution in [1.29, 1.82) is 0 Å². The van der Waals surface area contributed by atoms with Crippen molar-refractivity contribution in [3.05, 3.63) is 34.9 Å². The summed E-state index contributed by atoms with van der Waals surface area (Å²) in [4.78, 5) is 11.8. The van der Waals surface area contributed by atoms with Gasteiger partial charge in [-0.25, -0.2) is 0 Å². The summed E-state index contributed by atoms with van der Waals surface area (Å²) in [6.45, 7) is 6.09. The Morgan fingerprint density at radius 2 is 2.00 bits per heavy atom. The molecule has 1 saturated heterocycles. The van der Waals surface area contributed by atoms with Crippen molar-refractivity contribution < 1.29 is 9.53 Å². The number of nitrogens with one attached hydrogen (secondary N) is 1.